The number of carboxylic acids is 2. The Kier molecular flexibility index (Phi) is 5.66. The second kappa shape index (κ2) is 7.23. The molecule has 0 spiro atoms. The fraction of sp³-hybridized carbons (Fsp3) is 0.267. The summed E-state index contributed by atoms with van der Waals surface area (Å²) in [6.45, 7) is 5.08. The summed E-state index contributed by atoms with van der Waals surface area (Å²) in [4.78, 5) is 28.3. The maximum atomic E-state index is 10.8. The molecule has 0 bridgehead atoms. The molecule has 0 saturated heterocycles. The highest BCUT2D eigenvalue weighted by Crippen LogP contribution is 2.31. The zero-order valence-corrected chi connectivity index (χ0v) is 11.7. The van der Waals surface area contributed by atoms with E-state index in [0.717, 1.165) is 12.2 Å². The van der Waals surface area contributed by atoms with Crippen LogP contribution in [0.5, 0.6) is 0 Å². The minimum absolute atomic E-state index is 0.0359. The van der Waals surface area contributed by atoms with E-state index in [9.17, 15) is 9.59 Å². The fourth-order valence-electron chi connectivity index (χ4n) is 1.73. The van der Waals surface area contributed by atoms with Crippen LogP contribution in [0.15, 0.2) is 48.8 Å². The third kappa shape index (κ3) is 4.76. The van der Waals surface area contributed by atoms with E-state index in [2.05, 4.69) is 16.5 Å². The largest absolute Gasteiger partial charge is 0.481 e. The molecule has 0 amide bonds. The van der Waals surface area contributed by atoms with Crippen LogP contribution in [0.3, 0.4) is 0 Å². The van der Waals surface area contributed by atoms with Crippen LogP contribution in [0.1, 0.15) is 19.2 Å². The number of allylic oxidation sites excluding steroid dienone is 3. The highest BCUT2D eigenvalue weighted by atomic mass is 16.4. The smallest absolute Gasteiger partial charge is 0.331 e. The third-order valence-corrected chi connectivity index (χ3v) is 2.97. The summed E-state index contributed by atoms with van der Waals surface area (Å²) in [7, 11) is 0. The lowest BCUT2D eigenvalue weighted by molar-refractivity contribution is -0.145. The van der Waals surface area contributed by atoms with Crippen molar-refractivity contribution in [2.45, 2.75) is 19.8 Å². The topological polar surface area (TPSA) is 103 Å². The Bertz CT molecular complexity index is 573. The van der Waals surface area contributed by atoms with E-state index < -0.39 is 17.4 Å². The molecule has 1 atom stereocenters. The van der Waals surface area contributed by atoms with Gasteiger partial charge >= 0.3 is 11.9 Å². The maximum Gasteiger partial charge on any atom is 0.331 e. The molecule has 0 saturated carbocycles. The van der Waals surface area contributed by atoms with Crippen molar-refractivity contribution in [3.63, 3.8) is 0 Å². The van der Waals surface area contributed by atoms with Crippen LogP contribution in [-0.4, -0.2) is 32.1 Å². The first kappa shape index (κ1) is 16.4. The van der Waals surface area contributed by atoms with Gasteiger partial charge in [-0.15, -0.1) is 6.58 Å². The van der Waals surface area contributed by atoms with E-state index in [4.69, 9.17) is 10.2 Å². The lowest BCUT2D eigenvalue weighted by Crippen LogP contribution is -2.28. The van der Waals surface area contributed by atoms with Gasteiger partial charge in [-0.1, -0.05) is 24.3 Å². The van der Waals surface area contributed by atoms with Crippen molar-refractivity contribution in [1.82, 2.24) is 9.97 Å². The van der Waals surface area contributed by atoms with Gasteiger partial charge in [0.05, 0.1) is 5.41 Å². The highest BCUT2D eigenvalue weighted by Gasteiger charge is 2.34. The van der Waals surface area contributed by atoms with Crippen molar-refractivity contribution in [3.8, 4) is 0 Å². The average molecular weight is 290 g/mol. The number of nitrogens with zero attached hydrogens (tertiary/aromatic N) is 1. The van der Waals surface area contributed by atoms with Gasteiger partial charge in [-0.3, -0.25) is 4.79 Å². The second-order valence-electron chi connectivity index (χ2n) is 4.78. The Balaban J connectivity index is 0.000000235. The van der Waals surface area contributed by atoms with Gasteiger partial charge in [0.25, 0.3) is 0 Å². The molecule has 1 heterocycles. The molecule has 0 aromatic carbocycles. The number of hydrogen-bond acceptors (Lipinski definition) is 3. The van der Waals surface area contributed by atoms with Crippen LogP contribution in [0.25, 0.3) is 0 Å². The number of carboxylic acid groups (broad SMARTS) is 2. The molecule has 1 aliphatic carbocycles. The minimum Gasteiger partial charge on any atom is -0.481 e. The number of nitrogens with one attached hydrogen (secondary N) is 1. The molecule has 112 valence electrons. The fourth-order valence-corrected chi connectivity index (χ4v) is 1.73. The van der Waals surface area contributed by atoms with E-state index >= 15 is 0 Å². The first-order valence-electron chi connectivity index (χ1n) is 6.33. The molecule has 21 heavy (non-hydrogen) atoms. The molecule has 1 aromatic heterocycles. The SMILES string of the molecule is C=CCc1ncc[nH]1.CC1(C(=O)O)C=CC=C(C(=O)O)C1. The summed E-state index contributed by atoms with van der Waals surface area (Å²) in [5.41, 5.74) is -0.949. The Morgan fingerprint density at radius 1 is 1.52 bits per heavy atom. The standard InChI is InChI=1S/C9H10O4.C6H8N2/c1-9(8(12)13)4-2-3-6(5-9)7(10)11;1-2-3-6-7-4-5-8-6/h2-4H,5H2,1H3,(H,10,11)(H,12,13);2,4-5H,1,3H2,(H,7,8). The molecule has 0 fully saturated rings. The number of H-pyrrole nitrogens is 1. The predicted molar refractivity (Wildman–Crippen MR) is 77.7 cm³/mol. The number of aliphatic carboxylic acids is 2. The monoisotopic (exact) mass is 290 g/mol. The molecule has 6 heteroatoms. The number of carbonyl (C=O) groups is 2. The summed E-state index contributed by atoms with van der Waals surface area (Å²) in [6.07, 6.45) is 10.6. The highest BCUT2D eigenvalue weighted by molar-refractivity contribution is 5.90. The molecule has 1 unspecified atom stereocenters. The van der Waals surface area contributed by atoms with Gasteiger partial charge in [0, 0.05) is 24.4 Å². The van der Waals surface area contributed by atoms with Gasteiger partial charge in [0.2, 0.25) is 0 Å². The van der Waals surface area contributed by atoms with E-state index in [1.807, 2.05) is 6.08 Å². The van der Waals surface area contributed by atoms with Crippen molar-refractivity contribution < 1.29 is 19.8 Å². The summed E-state index contributed by atoms with van der Waals surface area (Å²) >= 11 is 0. The van der Waals surface area contributed by atoms with Crippen LogP contribution >= 0.6 is 0 Å². The van der Waals surface area contributed by atoms with Gasteiger partial charge in [-0.25, -0.2) is 9.78 Å². The van der Waals surface area contributed by atoms with Crippen LogP contribution in [0.4, 0.5) is 0 Å². The van der Waals surface area contributed by atoms with Crippen molar-refractivity contribution in [1.29, 1.82) is 0 Å². The minimum atomic E-state index is -1.08. The van der Waals surface area contributed by atoms with E-state index in [-0.39, 0.29) is 12.0 Å². The summed E-state index contributed by atoms with van der Waals surface area (Å²) in [6, 6.07) is 0. The molecular formula is C15H18N2O4. The van der Waals surface area contributed by atoms with Gasteiger partial charge in [0.1, 0.15) is 5.82 Å². The molecule has 6 nitrogen and oxygen atoms in total. The Morgan fingerprint density at radius 3 is 2.71 bits per heavy atom. The molecule has 1 aliphatic rings. The predicted octanol–water partition coefficient (Wildman–Crippen LogP) is 2.19. The summed E-state index contributed by atoms with van der Waals surface area (Å²) < 4.78 is 0. The van der Waals surface area contributed by atoms with Crippen molar-refractivity contribution in [2.75, 3.05) is 0 Å². The van der Waals surface area contributed by atoms with Crippen LogP contribution in [-0.2, 0) is 16.0 Å². The molecular weight excluding hydrogens is 272 g/mol. The third-order valence-electron chi connectivity index (χ3n) is 2.97. The van der Waals surface area contributed by atoms with Gasteiger partial charge in [-0.05, 0) is 13.3 Å². The maximum absolute atomic E-state index is 10.8. The Hall–Kier alpha value is -2.63. The second-order valence-corrected chi connectivity index (χ2v) is 4.78. The first-order valence-corrected chi connectivity index (χ1v) is 6.33. The van der Waals surface area contributed by atoms with Gasteiger partial charge < -0.3 is 15.2 Å². The molecule has 0 aliphatic heterocycles. The van der Waals surface area contributed by atoms with E-state index in [0.29, 0.717) is 0 Å². The molecule has 2 rings (SSSR count). The van der Waals surface area contributed by atoms with E-state index in [1.165, 1.54) is 25.2 Å². The lowest BCUT2D eigenvalue weighted by atomic mass is 9.80. The van der Waals surface area contributed by atoms with Crippen LogP contribution in [0.2, 0.25) is 0 Å². The van der Waals surface area contributed by atoms with Crippen molar-refractivity contribution in [3.05, 3.63) is 54.7 Å². The number of imidazole rings is 1. The number of hydrogen-bond donors (Lipinski definition) is 3. The molecule has 1 aromatic rings. The van der Waals surface area contributed by atoms with Crippen LogP contribution < -0.4 is 0 Å². The summed E-state index contributed by atoms with van der Waals surface area (Å²) in [5.74, 6) is -1.09. The average Bonchev–Trinajstić information content (AvgIpc) is 2.93. The number of rotatable bonds is 4. The zero-order valence-electron chi connectivity index (χ0n) is 11.7. The van der Waals surface area contributed by atoms with Crippen molar-refractivity contribution in [2.24, 2.45) is 5.41 Å². The van der Waals surface area contributed by atoms with Gasteiger partial charge in [-0.2, -0.15) is 0 Å². The Labute approximate surface area is 122 Å². The zero-order chi connectivity index (χ0) is 15.9. The molecule has 3 N–H and O–H groups in total. The normalized spacial score (nSPS) is 20.0. The van der Waals surface area contributed by atoms with Crippen LogP contribution in [0, 0.1) is 5.41 Å². The van der Waals surface area contributed by atoms with Gasteiger partial charge in [0.15, 0.2) is 0 Å². The Morgan fingerprint density at radius 2 is 2.24 bits per heavy atom. The van der Waals surface area contributed by atoms with Crippen molar-refractivity contribution >= 4 is 11.9 Å². The lowest BCUT2D eigenvalue weighted by Gasteiger charge is -2.23. The summed E-state index contributed by atoms with van der Waals surface area (Å²) in [5, 5.41) is 17.5. The first-order chi connectivity index (χ1) is 9.89. The van der Waals surface area contributed by atoms with E-state index in [1.54, 1.807) is 12.4 Å². The number of aromatic amines is 1. The number of aromatic nitrogens is 2. The molecule has 0 radical (unpaired) electrons. The quantitative estimate of drug-likeness (QED) is 0.737.